The number of unbranched alkanes of at least 4 members (excludes halogenated alkanes) is 1. The lowest BCUT2D eigenvalue weighted by Gasteiger charge is -2.13. The van der Waals surface area contributed by atoms with E-state index in [1.54, 1.807) is 24.3 Å². The van der Waals surface area contributed by atoms with Gasteiger partial charge in [0.2, 0.25) is 5.95 Å². The van der Waals surface area contributed by atoms with Gasteiger partial charge in [0.15, 0.2) is 6.29 Å². The largest absolute Gasteiger partial charge is 0.481 e. The van der Waals surface area contributed by atoms with Crippen LogP contribution in [-0.2, 0) is 16.0 Å². The van der Waals surface area contributed by atoms with Crippen molar-refractivity contribution in [2.24, 2.45) is 0 Å². The van der Waals surface area contributed by atoms with E-state index >= 15 is 0 Å². The van der Waals surface area contributed by atoms with Gasteiger partial charge in [0.05, 0.1) is 0 Å². The number of aryl methyl sites for hydroxylation is 1. The van der Waals surface area contributed by atoms with Crippen LogP contribution in [0.25, 0.3) is 0 Å². The first-order valence-corrected chi connectivity index (χ1v) is 10.1. The summed E-state index contributed by atoms with van der Waals surface area (Å²) < 4.78 is 0. The molecule has 7 N–H and O–H groups in total. The number of aliphatic carboxylic acids is 2. The predicted molar refractivity (Wildman–Crippen MR) is 118 cm³/mol. The maximum absolute atomic E-state index is 12.3. The van der Waals surface area contributed by atoms with Gasteiger partial charge >= 0.3 is 11.9 Å². The van der Waals surface area contributed by atoms with Gasteiger partial charge in [-0.1, -0.05) is 12.1 Å². The van der Waals surface area contributed by atoms with Crippen molar-refractivity contribution >= 4 is 35.9 Å². The summed E-state index contributed by atoms with van der Waals surface area (Å²) >= 11 is 0. The summed E-state index contributed by atoms with van der Waals surface area (Å²) in [6.45, 7) is 0.462. The summed E-state index contributed by atoms with van der Waals surface area (Å²) in [5.74, 6) is -3.00. The van der Waals surface area contributed by atoms with Crippen molar-refractivity contribution in [2.45, 2.75) is 38.1 Å². The maximum atomic E-state index is 12.3. The topological polar surface area (TPSA) is 205 Å². The zero-order valence-electron chi connectivity index (χ0n) is 17.7. The summed E-state index contributed by atoms with van der Waals surface area (Å²) in [5.41, 5.74) is 5.98. The number of anilines is 2. The number of carboxylic acids is 2. The molecule has 0 saturated carbocycles. The molecule has 0 aliphatic carbocycles. The summed E-state index contributed by atoms with van der Waals surface area (Å²) in [5, 5.41) is 23.1. The third-order valence-corrected chi connectivity index (χ3v) is 4.74. The molecule has 2 rings (SSSR count). The first kappa shape index (κ1) is 25.0. The van der Waals surface area contributed by atoms with Crippen LogP contribution in [0.5, 0.6) is 0 Å². The van der Waals surface area contributed by atoms with Crippen LogP contribution in [-0.4, -0.2) is 56.9 Å². The number of carbonyl (C=O) groups excluding carboxylic acids is 2. The van der Waals surface area contributed by atoms with E-state index in [2.05, 4.69) is 20.6 Å². The number of carbonyl (C=O) groups is 4. The number of H-pyrrole nitrogens is 1. The van der Waals surface area contributed by atoms with Crippen molar-refractivity contribution in [3.05, 3.63) is 51.3 Å². The van der Waals surface area contributed by atoms with Gasteiger partial charge in [-0.3, -0.25) is 24.2 Å². The van der Waals surface area contributed by atoms with Crippen molar-refractivity contribution < 1.29 is 29.4 Å². The smallest absolute Gasteiger partial charge is 0.326 e. The van der Waals surface area contributed by atoms with Crippen LogP contribution < -0.4 is 21.9 Å². The van der Waals surface area contributed by atoms with Gasteiger partial charge in [0.25, 0.3) is 11.5 Å². The minimum Gasteiger partial charge on any atom is -0.481 e. The molecule has 33 heavy (non-hydrogen) atoms. The molecular weight excluding hydrogens is 434 g/mol. The van der Waals surface area contributed by atoms with Crippen LogP contribution in [0.4, 0.5) is 11.8 Å². The molecule has 0 saturated heterocycles. The number of nitrogen functional groups attached to an aromatic ring is 1. The number of carboxylic acid groups (broad SMARTS) is 2. The number of nitrogens with zero attached hydrogens (tertiary/aromatic N) is 1. The number of aromatic amines is 1. The molecule has 1 heterocycles. The van der Waals surface area contributed by atoms with Crippen molar-refractivity contribution in [2.75, 3.05) is 17.6 Å². The Morgan fingerprint density at radius 3 is 2.45 bits per heavy atom. The molecule has 2 aromatic rings. The number of hydrogen-bond donors (Lipinski definition) is 6. The monoisotopic (exact) mass is 459 g/mol. The normalized spacial score (nSPS) is 11.4. The molecule has 0 unspecified atom stereocenters. The van der Waals surface area contributed by atoms with E-state index < -0.39 is 29.4 Å². The van der Waals surface area contributed by atoms with E-state index in [0.717, 1.165) is 12.0 Å². The number of aldehydes is 1. The quantitative estimate of drug-likeness (QED) is 0.182. The third kappa shape index (κ3) is 7.76. The van der Waals surface area contributed by atoms with E-state index in [0.29, 0.717) is 25.7 Å². The lowest BCUT2D eigenvalue weighted by Crippen LogP contribution is -2.41. The second kappa shape index (κ2) is 12.0. The summed E-state index contributed by atoms with van der Waals surface area (Å²) in [4.78, 5) is 63.0. The first-order chi connectivity index (χ1) is 15.7. The van der Waals surface area contributed by atoms with Gasteiger partial charge in [-0.15, -0.1) is 0 Å². The first-order valence-electron chi connectivity index (χ1n) is 10.1. The van der Waals surface area contributed by atoms with E-state index in [1.165, 1.54) is 0 Å². The van der Waals surface area contributed by atoms with Crippen molar-refractivity contribution in [3.63, 3.8) is 0 Å². The van der Waals surface area contributed by atoms with Crippen molar-refractivity contribution in [3.8, 4) is 0 Å². The Bertz CT molecular complexity index is 1070. The standard InChI is InChI=1S/C21H25N5O7/c22-21-25-17(14(11-27)19(31)26-21)23-10-2-1-3-12-4-6-13(7-5-12)18(30)24-15(20(32)33)8-9-16(28)29/h4-7,11,15H,1-3,8-10H2,(H,24,30)(H,28,29)(H,32,33)(H4,22,23,25,26,31)/t15-/m0/s1. The van der Waals surface area contributed by atoms with Crippen LogP contribution in [0.3, 0.4) is 0 Å². The third-order valence-electron chi connectivity index (χ3n) is 4.74. The Labute approximate surface area is 188 Å². The molecule has 176 valence electrons. The highest BCUT2D eigenvalue weighted by Crippen LogP contribution is 2.11. The Morgan fingerprint density at radius 2 is 1.85 bits per heavy atom. The van der Waals surface area contributed by atoms with Crippen LogP contribution in [0.2, 0.25) is 0 Å². The summed E-state index contributed by atoms with van der Waals surface area (Å²) in [6, 6.07) is 5.35. The van der Waals surface area contributed by atoms with E-state index in [9.17, 15) is 24.0 Å². The minimum absolute atomic E-state index is 0.0891. The molecule has 12 heteroatoms. The summed E-state index contributed by atoms with van der Waals surface area (Å²) in [7, 11) is 0. The average Bonchev–Trinajstić information content (AvgIpc) is 2.76. The van der Waals surface area contributed by atoms with Gasteiger partial charge in [-0.25, -0.2) is 4.79 Å². The second-order valence-electron chi connectivity index (χ2n) is 7.21. The Morgan fingerprint density at radius 1 is 1.15 bits per heavy atom. The van der Waals surface area contributed by atoms with E-state index in [4.69, 9.17) is 15.9 Å². The number of hydrogen-bond acceptors (Lipinski definition) is 8. The second-order valence-corrected chi connectivity index (χ2v) is 7.21. The Kier molecular flexibility index (Phi) is 9.09. The van der Waals surface area contributed by atoms with Gasteiger partial charge < -0.3 is 26.6 Å². The minimum atomic E-state index is -1.30. The molecule has 1 aromatic heterocycles. The molecular formula is C21H25N5O7. The number of amides is 1. The van der Waals surface area contributed by atoms with Gasteiger partial charge in [-0.05, 0) is 43.4 Å². The molecule has 0 spiro atoms. The zero-order chi connectivity index (χ0) is 24.4. The van der Waals surface area contributed by atoms with Gasteiger partial charge in [0, 0.05) is 18.5 Å². The molecule has 0 aliphatic rings. The Hall–Kier alpha value is -4.22. The average molecular weight is 459 g/mol. The molecule has 12 nitrogen and oxygen atoms in total. The number of rotatable bonds is 13. The SMILES string of the molecule is Nc1nc(NCCCCc2ccc(C(=O)N[C@@H](CCC(=O)O)C(=O)O)cc2)c(C=O)c(=O)[nH]1. The number of nitrogens with two attached hydrogens (primary N) is 1. The predicted octanol–water partition coefficient (Wildman–Crippen LogP) is 0.647. The summed E-state index contributed by atoms with van der Waals surface area (Å²) in [6.07, 6.45) is 2.01. The van der Waals surface area contributed by atoms with Crippen LogP contribution in [0.1, 0.15) is 52.0 Å². The molecule has 0 bridgehead atoms. The highest BCUT2D eigenvalue weighted by Gasteiger charge is 2.21. The molecule has 0 aliphatic heterocycles. The fourth-order valence-electron chi connectivity index (χ4n) is 2.99. The van der Waals surface area contributed by atoms with E-state index in [-0.39, 0.29) is 35.7 Å². The lowest BCUT2D eigenvalue weighted by molar-refractivity contribution is -0.140. The Balaban J connectivity index is 1.82. The molecule has 1 amide bonds. The molecule has 0 fully saturated rings. The van der Waals surface area contributed by atoms with Crippen LogP contribution in [0.15, 0.2) is 29.1 Å². The number of aromatic nitrogens is 2. The zero-order valence-corrected chi connectivity index (χ0v) is 17.7. The maximum Gasteiger partial charge on any atom is 0.326 e. The van der Waals surface area contributed by atoms with Gasteiger partial charge in [-0.2, -0.15) is 4.98 Å². The van der Waals surface area contributed by atoms with Gasteiger partial charge in [0.1, 0.15) is 17.4 Å². The fourth-order valence-corrected chi connectivity index (χ4v) is 2.99. The van der Waals surface area contributed by atoms with Crippen LogP contribution >= 0.6 is 0 Å². The lowest BCUT2D eigenvalue weighted by atomic mass is 10.0. The molecule has 0 radical (unpaired) electrons. The highest BCUT2D eigenvalue weighted by molar-refractivity contribution is 5.96. The van der Waals surface area contributed by atoms with Crippen molar-refractivity contribution in [1.82, 2.24) is 15.3 Å². The number of benzene rings is 1. The fraction of sp³-hybridized carbons (Fsp3) is 0.333. The number of nitrogens with one attached hydrogen (secondary N) is 3. The highest BCUT2D eigenvalue weighted by atomic mass is 16.4. The molecule has 1 atom stereocenters. The van der Waals surface area contributed by atoms with Crippen molar-refractivity contribution in [1.29, 1.82) is 0 Å². The van der Waals surface area contributed by atoms with E-state index in [1.807, 2.05) is 0 Å². The molecule has 1 aromatic carbocycles. The van der Waals surface area contributed by atoms with Crippen LogP contribution in [0, 0.1) is 0 Å².